The third-order valence-electron chi connectivity index (χ3n) is 5.27. The molecule has 0 bridgehead atoms. The van der Waals surface area contributed by atoms with Crippen LogP contribution in [0.25, 0.3) is 0 Å². The van der Waals surface area contributed by atoms with Crippen molar-refractivity contribution in [1.29, 1.82) is 0 Å². The van der Waals surface area contributed by atoms with Crippen molar-refractivity contribution in [2.45, 2.75) is 32.6 Å². The molecule has 0 spiro atoms. The summed E-state index contributed by atoms with van der Waals surface area (Å²) in [6, 6.07) is 7.43. The fourth-order valence-corrected chi connectivity index (χ4v) is 3.74. The van der Waals surface area contributed by atoms with Crippen LogP contribution in [0.15, 0.2) is 24.3 Å². The van der Waals surface area contributed by atoms with E-state index in [2.05, 4.69) is 6.92 Å². The molecular formula is C19H26N2O3. The summed E-state index contributed by atoms with van der Waals surface area (Å²) >= 11 is 0. The van der Waals surface area contributed by atoms with E-state index in [1.54, 1.807) is 12.0 Å². The Kier molecular flexibility index (Phi) is 5.07. The maximum Gasteiger partial charge on any atom is 0.228 e. The first-order chi connectivity index (χ1) is 11.6. The number of rotatable bonds is 4. The Morgan fingerprint density at radius 1 is 1.25 bits per heavy atom. The van der Waals surface area contributed by atoms with Gasteiger partial charge in [0.2, 0.25) is 11.8 Å². The summed E-state index contributed by atoms with van der Waals surface area (Å²) in [5.41, 5.74) is 0.834. The molecule has 3 rings (SSSR count). The molecule has 5 heteroatoms. The van der Waals surface area contributed by atoms with E-state index < -0.39 is 0 Å². The Labute approximate surface area is 143 Å². The molecule has 0 aliphatic carbocycles. The largest absolute Gasteiger partial charge is 0.497 e. The Morgan fingerprint density at radius 2 is 2.00 bits per heavy atom. The van der Waals surface area contributed by atoms with Crippen LogP contribution in [0.4, 0.5) is 5.69 Å². The monoisotopic (exact) mass is 330 g/mol. The zero-order chi connectivity index (χ0) is 17.1. The topological polar surface area (TPSA) is 49.9 Å². The number of benzene rings is 1. The summed E-state index contributed by atoms with van der Waals surface area (Å²) in [5, 5.41) is 0. The lowest BCUT2D eigenvalue weighted by Crippen LogP contribution is -2.43. The first kappa shape index (κ1) is 16.8. The van der Waals surface area contributed by atoms with Crippen molar-refractivity contribution in [3.05, 3.63) is 24.3 Å². The summed E-state index contributed by atoms with van der Waals surface area (Å²) in [7, 11) is 1.62. The second-order valence-corrected chi connectivity index (χ2v) is 6.80. The number of carbonyl (C=O) groups excluding carboxylic acids is 2. The van der Waals surface area contributed by atoms with Gasteiger partial charge in [0.25, 0.3) is 0 Å². The molecule has 2 atom stereocenters. The van der Waals surface area contributed by atoms with Crippen LogP contribution in [0.5, 0.6) is 5.75 Å². The van der Waals surface area contributed by atoms with E-state index in [0.717, 1.165) is 37.4 Å². The zero-order valence-corrected chi connectivity index (χ0v) is 14.5. The van der Waals surface area contributed by atoms with Gasteiger partial charge in [-0.3, -0.25) is 9.59 Å². The van der Waals surface area contributed by atoms with Crippen molar-refractivity contribution in [3.8, 4) is 5.75 Å². The predicted octanol–water partition coefficient (Wildman–Crippen LogP) is 2.70. The molecular weight excluding hydrogens is 304 g/mol. The molecule has 0 unspecified atom stereocenters. The van der Waals surface area contributed by atoms with Crippen LogP contribution < -0.4 is 9.64 Å². The summed E-state index contributed by atoms with van der Waals surface area (Å²) < 4.78 is 5.15. The molecule has 24 heavy (non-hydrogen) atoms. The van der Waals surface area contributed by atoms with E-state index in [1.807, 2.05) is 29.2 Å². The number of ether oxygens (including phenoxy) is 1. The van der Waals surface area contributed by atoms with Crippen molar-refractivity contribution in [1.82, 2.24) is 4.90 Å². The van der Waals surface area contributed by atoms with Crippen molar-refractivity contribution < 1.29 is 14.3 Å². The van der Waals surface area contributed by atoms with E-state index >= 15 is 0 Å². The number of nitrogens with zero attached hydrogens (tertiary/aromatic N) is 2. The third kappa shape index (κ3) is 3.40. The SMILES string of the molecule is CC[C@@H]1CCCN(C(=O)[C@H]2CC(=O)N(c3ccc(OC)cc3)C2)C1. The first-order valence-corrected chi connectivity index (χ1v) is 8.85. The van der Waals surface area contributed by atoms with Gasteiger partial charge in [-0.15, -0.1) is 0 Å². The normalized spacial score (nSPS) is 24.3. The molecule has 2 heterocycles. The summed E-state index contributed by atoms with van der Waals surface area (Å²) in [5.74, 6) is 1.34. The van der Waals surface area contributed by atoms with Gasteiger partial charge >= 0.3 is 0 Å². The highest BCUT2D eigenvalue weighted by atomic mass is 16.5. The molecule has 0 aromatic heterocycles. The molecule has 0 radical (unpaired) electrons. The number of likely N-dealkylation sites (tertiary alicyclic amines) is 1. The standard InChI is InChI=1S/C19H26N2O3/c1-3-14-5-4-10-20(12-14)19(23)15-11-18(22)21(13-15)16-6-8-17(24-2)9-7-16/h6-9,14-15H,3-5,10-13H2,1-2H3/t14-,15+/m1/s1. The molecule has 0 saturated carbocycles. The number of hydrogen-bond acceptors (Lipinski definition) is 3. The smallest absolute Gasteiger partial charge is 0.228 e. The number of hydrogen-bond donors (Lipinski definition) is 0. The molecule has 130 valence electrons. The molecule has 2 saturated heterocycles. The fourth-order valence-electron chi connectivity index (χ4n) is 3.74. The fraction of sp³-hybridized carbons (Fsp3) is 0.579. The first-order valence-electron chi connectivity index (χ1n) is 8.85. The van der Waals surface area contributed by atoms with Crippen LogP contribution in [0.2, 0.25) is 0 Å². The molecule has 2 aliphatic rings. The van der Waals surface area contributed by atoms with Crippen LogP contribution in [-0.2, 0) is 9.59 Å². The Bertz CT molecular complexity index is 599. The van der Waals surface area contributed by atoms with Crippen LogP contribution >= 0.6 is 0 Å². The number of amides is 2. The number of carbonyl (C=O) groups is 2. The number of methoxy groups -OCH3 is 1. The van der Waals surface area contributed by atoms with Crippen molar-refractivity contribution in [3.63, 3.8) is 0 Å². The highest BCUT2D eigenvalue weighted by molar-refractivity contribution is 6.00. The highest BCUT2D eigenvalue weighted by Crippen LogP contribution is 2.29. The average Bonchev–Trinajstić information content (AvgIpc) is 3.03. The molecule has 1 aromatic rings. The second-order valence-electron chi connectivity index (χ2n) is 6.80. The van der Waals surface area contributed by atoms with Crippen LogP contribution in [0.3, 0.4) is 0 Å². The van der Waals surface area contributed by atoms with Crippen molar-refractivity contribution >= 4 is 17.5 Å². The van der Waals surface area contributed by atoms with E-state index in [4.69, 9.17) is 4.74 Å². The van der Waals surface area contributed by atoms with Gasteiger partial charge in [0, 0.05) is 31.7 Å². The average molecular weight is 330 g/mol. The Balaban J connectivity index is 1.66. The van der Waals surface area contributed by atoms with E-state index in [0.29, 0.717) is 18.9 Å². The number of anilines is 1. The van der Waals surface area contributed by atoms with Gasteiger partial charge in [-0.05, 0) is 43.0 Å². The van der Waals surface area contributed by atoms with Gasteiger partial charge in [-0.1, -0.05) is 13.3 Å². The lowest BCUT2D eigenvalue weighted by molar-refractivity contribution is -0.137. The number of piperidine rings is 1. The minimum atomic E-state index is -0.213. The van der Waals surface area contributed by atoms with Gasteiger partial charge in [-0.25, -0.2) is 0 Å². The van der Waals surface area contributed by atoms with E-state index in [-0.39, 0.29) is 17.7 Å². The summed E-state index contributed by atoms with van der Waals surface area (Å²) in [6.45, 7) is 4.35. The Morgan fingerprint density at radius 3 is 2.67 bits per heavy atom. The second kappa shape index (κ2) is 7.24. The minimum Gasteiger partial charge on any atom is -0.497 e. The predicted molar refractivity (Wildman–Crippen MR) is 93.0 cm³/mol. The van der Waals surface area contributed by atoms with Crippen LogP contribution in [0.1, 0.15) is 32.6 Å². The van der Waals surface area contributed by atoms with E-state index in [1.165, 1.54) is 6.42 Å². The summed E-state index contributed by atoms with van der Waals surface area (Å²) in [6.07, 6.45) is 3.72. The maximum atomic E-state index is 12.8. The van der Waals surface area contributed by atoms with Crippen LogP contribution in [-0.4, -0.2) is 43.5 Å². The minimum absolute atomic E-state index is 0.0302. The molecule has 2 aliphatic heterocycles. The van der Waals surface area contributed by atoms with Crippen LogP contribution in [0, 0.1) is 11.8 Å². The van der Waals surface area contributed by atoms with Gasteiger partial charge < -0.3 is 14.5 Å². The van der Waals surface area contributed by atoms with Gasteiger partial charge in [0.05, 0.1) is 13.0 Å². The highest BCUT2D eigenvalue weighted by Gasteiger charge is 2.38. The third-order valence-corrected chi connectivity index (χ3v) is 5.27. The van der Waals surface area contributed by atoms with Crippen molar-refractivity contribution in [2.24, 2.45) is 11.8 Å². The van der Waals surface area contributed by atoms with E-state index in [9.17, 15) is 9.59 Å². The van der Waals surface area contributed by atoms with Gasteiger partial charge in [-0.2, -0.15) is 0 Å². The Hall–Kier alpha value is -2.04. The molecule has 2 amide bonds. The van der Waals surface area contributed by atoms with Gasteiger partial charge in [0.15, 0.2) is 0 Å². The molecule has 2 fully saturated rings. The molecule has 1 aromatic carbocycles. The maximum absolute atomic E-state index is 12.8. The van der Waals surface area contributed by atoms with Crippen molar-refractivity contribution in [2.75, 3.05) is 31.6 Å². The zero-order valence-electron chi connectivity index (χ0n) is 14.5. The quantitative estimate of drug-likeness (QED) is 0.853. The van der Waals surface area contributed by atoms with Gasteiger partial charge in [0.1, 0.15) is 5.75 Å². The lowest BCUT2D eigenvalue weighted by Gasteiger charge is -2.33. The molecule has 0 N–H and O–H groups in total. The summed E-state index contributed by atoms with van der Waals surface area (Å²) in [4.78, 5) is 28.9. The lowest BCUT2D eigenvalue weighted by atomic mass is 9.94. The molecule has 5 nitrogen and oxygen atoms in total.